The normalized spacial score (nSPS) is 32.5. The van der Waals surface area contributed by atoms with Crippen molar-refractivity contribution in [3.8, 4) is 0 Å². The van der Waals surface area contributed by atoms with Gasteiger partial charge in [-0.05, 0) is 13.5 Å². The Morgan fingerprint density at radius 1 is 1.73 bits per heavy atom. The number of hydrogen-bond donors (Lipinski definition) is 1. The van der Waals surface area contributed by atoms with Gasteiger partial charge < -0.3 is 10.5 Å². The van der Waals surface area contributed by atoms with Crippen molar-refractivity contribution in [2.24, 2.45) is 5.73 Å². The van der Waals surface area contributed by atoms with E-state index in [1.54, 1.807) is 0 Å². The Labute approximate surface area is 66.3 Å². The second-order valence-corrected chi connectivity index (χ2v) is 2.88. The van der Waals surface area contributed by atoms with Crippen molar-refractivity contribution in [1.29, 1.82) is 0 Å². The molecule has 2 N–H and O–H groups in total. The lowest BCUT2D eigenvalue weighted by Gasteiger charge is -2.30. The standard InChI is InChI=1S/C7H14N2O2/c1-9-5-3-4-7(9,11-2)6(8)10/h3-5H2,1-2H3,(H2,8,10). The Bertz CT molecular complexity index is 172. The van der Waals surface area contributed by atoms with E-state index in [0.717, 1.165) is 13.0 Å². The van der Waals surface area contributed by atoms with E-state index >= 15 is 0 Å². The van der Waals surface area contributed by atoms with Gasteiger partial charge in [0.2, 0.25) is 5.72 Å². The van der Waals surface area contributed by atoms with Crippen LogP contribution >= 0.6 is 0 Å². The lowest BCUT2D eigenvalue weighted by atomic mass is 10.1. The molecule has 0 aromatic carbocycles. The highest BCUT2D eigenvalue weighted by atomic mass is 16.5. The van der Waals surface area contributed by atoms with Crippen LogP contribution in [-0.4, -0.2) is 37.2 Å². The van der Waals surface area contributed by atoms with Gasteiger partial charge in [-0.1, -0.05) is 0 Å². The molecule has 4 nitrogen and oxygen atoms in total. The molecule has 1 unspecified atom stereocenters. The number of likely N-dealkylation sites (N-methyl/N-ethyl adjacent to an activating group) is 1. The summed E-state index contributed by atoms with van der Waals surface area (Å²) in [5, 5.41) is 0. The first-order chi connectivity index (χ1) is 5.13. The maximum absolute atomic E-state index is 11.0. The third-order valence-electron chi connectivity index (χ3n) is 2.35. The van der Waals surface area contributed by atoms with Gasteiger partial charge in [0.25, 0.3) is 5.91 Å². The average Bonchev–Trinajstić information content (AvgIpc) is 2.32. The fraction of sp³-hybridized carbons (Fsp3) is 0.857. The van der Waals surface area contributed by atoms with Crippen LogP contribution in [-0.2, 0) is 9.53 Å². The second-order valence-electron chi connectivity index (χ2n) is 2.88. The number of nitrogens with zero attached hydrogens (tertiary/aromatic N) is 1. The van der Waals surface area contributed by atoms with Crippen LogP contribution in [0.4, 0.5) is 0 Å². The highest BCUT2D eigenvalue weighted by Gasteiger charge is 2.44. The predicted octanol–water partition coefficient (Wildman–Crippen LogP) is -0.460. The van der Waals surface area contributed by atoms with E-state index in [-0.39, 0.29) is 5.91 Å². The Morgan fingerprint density at radius 2 is 2.36 bits per heavy atom. The summed E-state index contributed by atoms with van der Waals surface area (Å²) in [7, 11) is 3.37. The minimum atomic E-state index is -0.833. The molecule has 0 bridgehead atoms. The molecule has 0 aliphatic carbocycles. The van der Waals surface area contributed by atoms with Crippen LogP contribution in [0.25, 0.3) is 0 Å². The van der Waals surface area contributed by atoms with E-state index in [4.69, 9.17) is 10.5 Å². The lowest BCUT2D eigenvalue weighted by molar-refractivity contribution is -0.158. The second kappa shape index (κ2) is 2.79. The van der Waals surface area contributed by atoms with Crippen molar-refractivity contribution in [2.75, 3.05) is 20.7 Å². The molecule has 1 atom stereocenters. The SMILES string of the molecule is COC1(C(N)=O)CCCN1C. The number of hydrogen-bond acceptors (Lipinski definition) is 3. The molecule has 4 heteroatoms. The molecule has 0 aromatic heterocycles. The molecule has 1 amide bonds. The summed E-state index contributed by atoms with van der Waals surface area (Å²) in [4.78, 5) is 12.9. The van der Waals surface area contributed by atoms with Gasteiger partial charge in [0.05, 0.1) is 0 Å². The van der Waals surface area contributed by atoms with Crippen molar-refractivity contribution in [3.05, 3.63) is 0 Å². The molecule has 11 heavy (non-hydrogen) atoms. The molecular formula is C7H14N2O2. The van der Waals surface area contributed by atoms with Crippen molar-refractivity contribution in [3.63, 3.8) is 0 Å². The first-order valence-corrected chi connectivity index (χ1v) is 3.70. The molecular weight excluding hydrogens is 144 g/mol. The van der Waals surface area contributed by atoms with Crippen LogP contribution in [0.1, 0.15) is 12.8 Å². The zero-order valence-corrected chi connectivity index (χ0v) is 6.96. The Morgan fingerprint density at radius 3 is 2.55 bits per heavy atom. The summed E-state index contributed by atoms with van der Waals surface area (Å²) in [6, 6.07) is 0. The molecule has 0 spiro atoms. The van der Waals surface area contributed by atoms with Gasteiger partial charge in [0, 0.05) is 20.1 Å². The van der Waals surface area contributed by atoms with Gasteiger partial charge in [-0.15, -0.1) is 0 Å². The molecule has 1 aliphatic rings. The van der Waals surface area contributed by atoms with Gasteiger partial charge in [-0.25, -0.2) is 0 Å². The molecule has 1 saturated heterocycles. The van der Waals surface area contributed by atoms with Gasteiger partial charge >= 0.3 is 0 Å². The van der Waals surface area contributed by atoms with E-state index in [1.807, 2.05) is 11.9 Å². The van der Waals surface area contributed by atoms with E-state index in [9.17, 15) is 4.79 Å². The smallest absolute Gasteiger partial charge is 0.265 e. The topological polar surface area (TPSA) is 55.6 Å². The summed E-state index contributed by atoms with van der Waals surface area (Å²) in [5.74, 6) is -0.389. The van der Waals surface area contributed by atoms with Crippen molar-refractivity contribution in [1.82, 2.24) is 4.90 Å². The third-order valence-corrected chi connectivity index (χ3v) is 2.35. The summed E-state index contributed by atoms with van der Waals surface area (Å²) in [6.07, 6.45) is 1.67. The molecule has 1 heterocycles. The number of ether oxygens (including phenoxy) is 1. The van der Waals surface area contributed by atoms with E-state index < -0.39 is 5.72 Å². The molecule has 0 saturated carbocycles. The van der Waals surface area contributed by atoms with Crippen LogP contribution < -0.4 is 5.73 Å². The zero-order valence-electron chi connectivity index (χ0n) is 6.96. The lowest BCUT2D eigenvalue weighted by Crippen LogP contribution is -2.53. The van der Waals surface area contributed by atoms with Crippen LogP contribution in [0.3, 0.4) is 0 Å². The Balaban J connectivity index is 2.82. The first-order valence-electron chi connectivity index (χ1n) is 3.70. The maximum Gasteiger partial charge on any atom is 0.265 e. The molecule has 1 aliphatic heterocycles. The monoisotopic (exact) mass is 158 g/mol. The van der Waals surface area contributed by atoms with Crippen LogP contribution in [0.15, 0.2) is 0 Å². The fourth-order valence-electron chi connectivity index (χ4n) is 1.60. The van der Waals surface area contributed by atoms with E-state index in [2.05, 4.69) is 0 Å². The maximum atomic E-state index is 11.0. The predicted molar refractivity (Wildman–Crippen MR) is 40.8 cm³/mol. The number of amides is 1. The largest absolute Gasteiger partial charge is 0.366 e. The number of carbonyl (C=O) groups is 1. The highest BCUT2D eigenvalue weighted by molar-refractivity contribution is 5.83. The number of primary amides is 1. The highest BCUT2D eigenvalue weighted by Crippen LogP contribution is 2.27. The number of nitrogens with two attached hydrogens (primary N) is 1. The van der Waals surface area contributed by atoms with E-state index in [0.29, 0.717) is 6.42 Å². The minimum absolute atomic E-state index is 0.389. The summed E-state index contributed by atoms with van der Waals surface area (Å²) >= 11 is 0. The number of rotatable bonds is 2. The van der Waals surface area contributed by atoms with Crippen molar-refractivity contribution in [2.45, 2.75) is 18.6 Å². The third kappa shape index (κ3) is 1.12. The van der Waals surface area contributed by atoms with Crippen molar-refractivity contribution >= 4 is 5.91 Å². The van der Waals surface area contributed by atoms with Crippen LogP contribution in [0, 0.1) is 0 Å². The summed E-state index contributed by atoms with van der Waals surface area (Å²) < 4.78 is 5.12. The van der Waals surface area contributed by atoms with Crippen LogP contribution in [0.2, 0.25) is 0 Å². The number of likely N-dealkylation sites (tertiary alicyclic amines) is 1. The average molecular weight is 158 g/mol. The number of methoxy groups -OCH3 is 1. The van der Waals surface area contributed by atoms with Gasteiger partial charge in [0.1, 0.15) is 0 Å². The quantitative estimate of drug-likeness (QED) is 0.591. The fourth-order valence-corrected chi connectivity index (χ4v) is 1.60. The van der Waals surface area contributed by atoms with Crippen molar-refractivity contribution < 1.29 is 9.53 Å². The molecule has 1 fully saturated rings. The molecule has 0 radical (unpaired) electrons. The van der Waals surface area contributed by atoms with Crippen LogP contribution in [0.5, 0.6) is 0 Å². The summed E-state index contributed by atoms with van der Waals surface area (Å²) in [5.41, 5.74) is 4.39. The molecule has 64 valence electrons. The summed E-state index contributed by atoms with van der Waals surface area (Å²) in [6.45, 7) is 0.872. The Hall–Kier alpha value is -0.610. The molecule has 0 aromatic rings. The first kappa shape index (κ1) is 8.49. The van der Waals surface area contributed by atoms with Gasteiger partial charge in [-0.2, -0.15) is 0 Å². The van der Waals surface area contributed by atoms with Gasteiger partial charge in [0.15, 0.2) is 0 Å². The Kier molecular flexibility index (Phi) is 2.15. The zero-order chi connectivity index (χ0) is 8.48. The van der Waals surface area contributed by atoms with Gasteiger partial charge in [-0.3, -0.25) is 9.69 Å². The minimum Gasteiger partial charge on any atom is -0.366 e. The molecule has 1 rings (SSSR count). The van der Waals surface area contributed by atoms with E-state index in [1.165, 1.54) is 7.11 Å². The number of carbonyl (C=O) groups excluding carboxylic acids is 1.